The second kappa shape index (κ2) is 5.33. The van der Waals surface area contributed by atoms with E-state index in [2.05, 4.69) is 46.5 Å². The number of hydrogen-bond donors (Lipinski definition) is 2. The molecule has 0 saturated heterocycles. The van der Waals surface area contributed by atoms with Gasteiger partial charge in [0.25, 0.3) is 0 Å². The van der Waals surface area contributed by atoms with Crippen LogP contribution in [0.3, 0.4) is 0 Å². The minimum Gasteiger partial charge on any atom is -0.329 e. The van der Waals surface area contributed by atoms with Crippen LogP contribution in [-0.2, 0) is 0 Å². The summed E-state index contributed by atoms with van der Waals surface area (Å²) in [7, 11) is 2.03. The first-order chi connectivity index (χ1) is 10.1. The topological polar surface area (TPSA) is 67.1 Å². The lowest BCUT2D eigenvalue weighted by Crippen LogP contribution is -2.18. The molecule has 3 rings (SSSR count). The lowest BCUT2D eigenvalue weighted by molar-refractivity contribution is 0.903. The second-order valence-electron chi connectivity index (χ2n) is 5.70. The fraction of sp³-hybridized carbons (Fsp3) is 0.375. The third kappa shape index (κ3) is 2.69. The number of benzene rings is 1. The van der Waals surface area contributed by atoms with Gasteiger partial charge in [-0.05, 0) is 44.4 Å². The zero-order chi connectivity index (χ0) is 15.0. The summed E-state index contributed by atoms with van der Waals surface area (Å²) in [6, 6.07) is 8.38. The average molecular weight is 283 g/mol. The van der Waals surface area contributed by atoms with Crippen LogP contribution in [-0.4, -0.2) is 17.0 Å². The number of nitrogens with one attached hydrogen (secondary N) is 1. The average Bonchev–Trinajstić information content (AvgIpc) is 3.31. The van der Waals surface area contributed by atoms with Gasteiger partial charge in [0.15, 0.2) is 0 Å². The molecule has 0 radical (unpaired) electrons. The highest BCUT2D eigenvalue weighted by Crippen LogP contribution is 2.40. The number of aromatic nitrogens is 2. The summed E-state index contributed by atoms with van der Waals surface area (Å²) in [4.78, 5) is 11.4. The molecule has 3 N–H and O–H groups in total. The van der Waals surface area contributed by atoms with Crippen LogP contribution in [0.5, 0.6) is 0 Å². The molecule has 110 valence electrons. The second-order valence-corrected chi connectivity index (χ2v) is 5.70. The molecule has 0 bridgehead atoms. The quantitative estimate of drug-likeness (QED) is 0.667. The minimum atomic E-state index is 0.488. The Morgan fingerprint density at radius 2 is 2.00 bits per heavy atom. The molecule has 0 spiro atoms. The largest absolute Gasteiger partial charge is 0.329 e. The van der Waals surface area contributed by atoms with E-state index in [1.807, 2.05) is 14.0 Å². The van der Waals surface area contributed by atoms with Crippen molar-refractivity contribution >= 4 is 17.3 Å². The fourth-order valence-electron chi connectivity index (χ4n) is 2.47. The van der Waals surface area contributed by atoms with Crippen molar-refractivity contribution in [2.75, 3.05) is 17.4 Å². The van der Waals surface area contributed by atoms with Crippen molar-refractivity contribution < 1.29 is 0 Å². The summed E-state index contributed by atoms with van der Waals surface area (Å²) < 4.78 is 0. The van der Waals surface area contributed by atoms with E-state index in [0.29, 0.717) is 11.7 Å². The summed E-state index contributed by atoms with van der Waals surface area (Å²) in [5.74, 6) is 8.61. The first-order valence-electron chi connectivity index (χ1n) is 7.25. The Labute approximate surface area is 125 Å². The molecule has 5 nitrogen and oxygen atoms in total. The van der Waals surface area contributed by atoms with Gasteiger partial charge < -0.3 is 10.3 Å². The molecule has 1 aliphatic carbocycles. The number of anilines is 3. The highest BCUT2D eigenvalue weighted by Gasteiger charge is 2.28. The van der Waals surface area contributed by atoms with Gasteiger partial charge in [0.2, 0.25) is 0 Å². The molecule has 5 heteroatoms. The molecule has 2 aromatic rings. The van der Waals surface area contributed by atoms with Crippen LogP contribution in [0, 0.1) is 13.8 Å². The van der Waals surface area contributed by atoms with E-state index >= 15 is 0 Å². The molecule has 1 aliphatic rings. The maximum Gasteiger partial charge on any atom is 0.148 e. The van der Waals surface area contributed by atoms with Gasteiger partial charge in [0, 0.05) is 24.2 Å². The Morgan fingerprint density at radius 3 is 2.62 bits per heavy atom. The van der Waals surface area contributed by atoms with Crippen molar-refractivity contribution in [3.8, 4) is 0 Å². The Balaban J connectivity index is 2.05. The third-order valence-corrected chi connectivity index (χ3v) is 3.92. The number of nitrogens with two attached hydrogens (primary N) is 1. The molecular formula is C16H21N5. The number of aryl methyl sites for hydroxylation is 1. The first kappa shape index (κ1) is 13.8. The van der Waals surface area contributed by atoms with Crippen molar-refractivity contribution in [3.05, 3.63) is 41.2 Å². The van der Waals surface area contributed by atoms with Crippen LogP contribution in [0.25, 0.3) is 0 Å². The molecule has 0 aliphatic heterocycles. The summed E-state index contributed by atoms with van der Waals surface area (Å²) in [6.07, 6.45) is 2.33. The zero-order valence-electron chi connectivity index (χ0n) is 12.7. The predicted octanol–water partition coefficient (Wildman–Crippen LogP) is 3.02. The van der Waals surface area contributed by atoms with E-state index in [4.69, 9.17) is 10.8 Å². The van der Waals surface area contributed by atoms with Gasteiger partial charge in [0.05, 0.1) is 0 Å². The Kier molecular flexibility index (Phi) is 3.51. The zero-order valence-corrected chi connectivity index (χ0v) is 12.7. The molecular weight excluding hydrogens is 262 g/mol. The van der Waals surface area contributed by atoms with Crippen LogP contribution < -0.4 is 16.2 Å². The number of nitrogen functional groups attached to an aromatic ring is 1. The molecule has 1 saturated carbocycles. The third-order valence-electron chi connectivity index (χ3n) is 3.92. The molecule has 21 heavy (non-hydrogen) atoms. The standard InChI is InChI=1S/C16H21N5/c1-10-5-4-6-13(9-10)21(3)16-11(2)14(20-17)18-15(19-16)12-7-8-12/h4-6,9,12H,7-8,17H2,1-3H3,(H,18,19,20). The van der Waals surface area contributed by atoms with E-state index in [9.17, 15) is 0 Å². The van der Waals surface area contributed by atoms with Gasteiger partial charge in [-0.15, -0.1) is 0 Å². The highest BCUT2D eigenvalue weighted by molar-refractivity contribution is 5.67. The minimum absolute atomic E-state index is 0.488. The van der Waals surface area contributed by atoms with Crippen molar-refractivity contribution in [2.24, 2.45) is 5.84 Å². The van der Waals surface area contributed by atoms with E-state index in [-0.39, 0.29) is 0 Å². The SMILES string of the molecule is Cc1cccc(N(C)c2nc(C3CC3)nc(NN)c2C)c1. The Hall–Kier alpha value is -2.14. The Bertz CT molecular complexity index is 664. The van der Waals surface area contributed by atoms with Crippen LogP contribution in [0.4, 0.5) is 17.3 Å². The molecule has 1 aromatic heterocycles. The predicted molar refractivity (Wildman–Crippen MR) is 85.8 cm³/mol. The molecule has 1 heterocycles. The monoisotopic (exact) mass is 283 g/mol. The van der Waals surface area contributed by atoms with E-state index in [1.165, 1.54) is 18.4 Å². The van der Waals surface area contributed by atoms with E-state index in [0.717, 1.165) is 22.9 Å². The number of hydrogen-bond acceptors (Lipinski definition) is 5. The summed E-state index contributed by atoms with van der Waals surface area (Å²) in [5.41, 5.74) is 6.00. The van der Waals surface area contributed by atoms with Crippen molar-refractivity contribution in [1.82, 2.24) is 9.97 Å². The van der Waals surface area contributed by atoms with E-state index in [1.54, 1.807) is 0 Å². The van der Waals surface area contributed by atoms with Gasteiger partial charge in [-0.25, -0.2) is 15.8 Å². The smallest absolute Gasteiger partial charge is 0.148 e. The van der Waals surface area contributed by atoms with Crippen molar-refractivity contribution in [3.63, 3.8) is 0 Å². The summed E-state index contributed by atoms with van der Waals surface area (Å²) in [6.45, 7) is 4.08. The lowest BCUT2D eigenvalue weighted by Gasteiger charge is -2.22. The summed E-state index contributed by atoms with van der Waals surface area (Å²) in [5, 5.41) is 0. The van der Waals surface area contributed by atoms with Gasteiger partial charge in [-0.3, -0.25) is 0 Å². The van der Waals surface area contributed by atoms with Gasteiger partial charge in [-0.1, -0.05) is 12.1 Å². The van der Waals surface area contributed by atoms with Crippen LogP contribution in [0.2, 0.25) is 0 Å². The fourth-order valence-corrected chi connectivity index (χ4v) is 2.47. The summed E-state index contributed by atoms with van der Waals surface area (Å²) >= 11 is 0. The molecule has 1 fully saturated rings. The van der Waals surface area contributed by atoms with E-state index < -0.39 is 0 Å². The molecule has 1 aromatic carbocycles. The molecule has 0 amide bonds. The maximum absolute atomic E-state index is 5.61. The number of hydrazine groups is 1. The van der Waals surface area contributed by atoms with Gasteiger partial charge in [0.1, 0.15) is 17.5 Å². The lowest BCUT2D eigenvalue weighted by atomic mass is 10.2. The van der Waals surface area contributed by atoms with Crippen molar-refractivity contribution in [2.45, 2.75) is 32.6 Å². The number of rotatable bonds is 4. The first-order valence-corrected chi connectivity index (χ1v) is 7.25. The van der Waals surface area contributed by atoms with Gasteiger partial charge >= 0.3 is 0 Å². The highest BCUT2D eigenvalue weighted by atomic mass is 15.3. The Morgan fingerprint density at radius 1 is 1.24 bits per heavy atom. The van der Waals surface area contributed by atoms with Crippen molar-refractivity contribution in [1.29, 1.82) is 0 Å². The van der Waals surface area contributed by atoms with Crippen LogP contribution in [0.1, 0.15) is 35.7 Å². The normalized spacial score (nSPS) is 14.1. The molecule has 0 unspecified atom stereocenters. The molecule has 0 atom stereocenters. The number of nitrogens with zero attached hydrogens (tertiary/aromatic N) is 3. The van der Waals surface area contributed by atoms with Crippen LogP contribution >= 0.6 is 0 Å². The van der Waals surface area contributed by atoms with Gasteiger partial charge in [-0.2, -0.15) is 0 Å². The maximum atomic E-state index is 5.61. The van der Waals surface area contributed by atoms with Crippen LogP contribution in [0.15, 0.2) is 24.3 Å².